The van der Waals surface area contributed by atoms with Crippen LogP contribution in [-0.2, 0) is 20.9 Å². The average molecular weight is 394 g/mol. The Labute approximate surface area is 169 Å². The van der Waals surface area contributed by atoms with Crippen molar-refractivity contribution in [2.75, 3.05) is 26.3 Å². The van der Waals surface area contributed by atoms with Crippen LogP contribution in [0.4, 0.5) is 4.39 Å². The molecule has 29 heavy (non-hydrogen) atoms. The summed E-state index contributed by atoms with van der Waals surface area (Å²) in [6.45, 7) is 6.27. The van der Waals surface area contributed by atoms with Gasteiger partial charge in [0.05, 0.1) is 25.3 Å². The maximum atomic E-state index is 13.4. The van der Waals surface area contributed by atoms with Gasteiger partial charge in [-0.1, -0.05) is 30.3 Å². The molecule has 2 aliphatic heterocycles. The lowest BCUT2D eigenvalue weighted by molar-refractivity contribution is -0.138. The molecule has 5 nitrogen and oxygen atoms in total. The second-order valence-electron chi connectivity index (χ2n) is 7.44. The Hall–Kier alpha value is -2.99. The van der Waals surface area contributed by atoms with Crippen LogP contribution in [0.15, 0.2) is 48.2 Å². The molecular formula is C23H23FN2O3. The summed E-state index contributed by atoms with van der Waals surface area (Å²) < 4.78 is 18.7. The normalized spacial score (nSPS) is 17.5. The van der Waals surface area contributed by atoms with Crippen LogP contribution < -0.4 is 0 Å². The number of aryl methyl sites for hydroxylation is 2. The number of rotatable bonds is 4. The molecule has 0 bridgehead atoms. The summed E-state index contributed by atoms with van der Waals surface area (Å²) in [6, 6.07) is 11.7. The second kappa shape index (κ2) is 7.79. The number of imide groups is 1. The van der Waals surface area contributed by atoms with E-state index in [1.54, 1.807) is 12.1 Å². The van der Waals surface area contributed by atoms with Gasteiger partial charge in [-0.15, -0.1) is 0 Å². The van der Waals surface area contributed by atoms with E-state index in [0.29, 0.717) is 43.1 Å². The second-order valence-corrected chi connectivity index (χ2v) is 7.44. The third kappa shape index (κ3) is 3.68. The lowest BCUT2D eigenvalue weighted by Gasteiger charge is -2.29. The Morgan fingerprint density at radius 2 is 1.62 bits per heavy atom. The molecule has 0 N–H and O–H groups in total. The van der Waals surface area contributed by atoms with Crippen LogP contribution in [0.25, 0.3) is 5.57 Å². The molecule has 0 radical (unpaired) electrons. The van der Waals surface area contributed by atoms with E-state index in [9.17, 15) is 14.0 Å². The van der Waals surface area contributed by atoms with Gasteiger partial charge in [0.2, 0.25) is 0 Å². The highest BCUT2D eigenvalue weighted by Crippen LogP contribution is 2.33. The van der Waals surface area contributed by atoms with Gasteiger partial charge >= 0.3 is 0 Å². The SMILES string of the molecule is Cc1ccc(C2=C(N3CCOCC3)C(=O)N(Cc3ccc(F)cc3)C2=O)cc1C. The van der Waals surface area contributed by atoms with Crippen LogP contribution in [0.5, 0.6) is 0 Å². The van der Waals surface area contributed by atoms with E-state index in [0.717, 1.165) is 16.7 Å². The molecule has 1 saturated heterocycles. The van der Waals surface area contributed by atoms with Gasteiger partial charge in [-0.3, -0.25) is 14.5 Å². The molecule has 0 aromatic heterocycles. The summed E-state index contributed by atoms with van der Waals surface area (Å²) in [4.78, 5) is 29.9. The number of benzene rings is 2. The predicted octanol–water partition coefficient (Wildman–Crippen LogP) is 3.05. The quantitative estimate of drug-likeness (QED) is 0.748. The Kier molecular flexibility index (Phi) is 5.20. The van der Waals surface area contributed by atoms with Gasteiger partial charge in [0, 0.05) is 13.1 Å². The maximum Gasteiger partial charge on any atom is 0.278 e. The monoisotopic (exact) mass is 394 g/mol. The molecule has 2 amide bonds. The molecule has 6 heteroatoms. The maximum absolute atomic E-state index is 13.4. The Bertz CT molecular complexity index is 992. The summed E-state index contributed by atoms with van der Waals surface area (Å²) in [5.74, 6) is -0.978. The number of amides is 2. The number of carbonyl (C=O) groups excluding carboxylic acids is 2. The minimum atomic E-state index is -0.351. The van der Waals surface area contributed by atoms with Crippen LogP contribution in [0.3, 0.4) is 0 Å². The van der Waals surface area contributed by atoms with Gasteiger partial charge in [-0.05, 0) is 48.2 Å². The average Bonchev–Trinajstić information content (AvgIpc) is 2.97. The molecule has 0 aliphatic carbocycles. The van der Waals surface area contributed by atoms with Gasteiger partial charge in [0.25, 0.3) is 11.8 Å². The molecule has 2 aromatic rings. The van der Waals surface area contributed by atoms with Gasteiger partial charge < -0.3 is 9.64 Å². The smallest absolute Gasteiger partial charge is 0.278 e. The molecule has 2 aromatic carbocycles. The minimum Gasteiger partial charge on any atom is -0.378 e. The van der Waals surface area contributed by atoms with Crippen molar-refractivity contribution >= 4 is 17.4 Å². The number of hydrogen-bond acceptors (Lipinski definition) is 4. The highest BCUT2D eigenvalue weighted by molar-refractivity contribution is 6.35. The van der Waals surface area contributed by atoms with Gasteiger partial charge in [-0.2, -0.15) is 0 Å². The molecule has 0 spiro atoms. The fraction of sp³-hybridized carbons (Fsp3) is 0.304. The van der Waals surface area contributed by atoms with Crippen molar-refractivity contribution in [2.24, 2.45) is 0 Å². The first-order chi connectivity index (χ1) is 14.0. The summed E-state index contributed by atoms with van der Waals surface area (Å²) in [7, 11) is 0. The number of hydrogen-bond donors (Lipinski definition) is 0. The van der Waals surface area contributed by atoms with Crippen LogP contribution in [0.2, 0.25) is 0 Å². The first-order valence-electron chi connectivity index (χ1n) is 9.71. The molecule has 2 aliphatic rings. The molecular weight excluding hydrogens is 371 g/mol. The Morgan fingerprint density at radius 1 is 0.931 bits per heavy atom. The zero-order chi connectivity index (χ0) is 20.5. The number of nitrogens with zero attached hydrogens (tertiary/aromatic N) is 2. The van der Waals surface area contributed by atoms with E-state index in [1.165, 1.54) is 17.0 Å². The highest BCUT2D eigenvalue weighted by atomic mass is 19.1. The van der Waals surface area contributed by atoms with Crippen molar-refractivity contribution in [1.82, 2.24) is 9.80 Å². The molecule has 150 valence electrons. The third-order valence-electron chi connectivity index (χ3n) is 5.52. The number of ether oxygens (including phenoxy) is 1. The van der Waals surface area contributed by atoms with E-state index in [2.05, 4.69) is 0 Å². The fourth-order valence-electron chi connectivity index (χ4n) is 3.72. The van der Waals surface area contributed by atoms with Crippen LogP contribution in [-0.4, -0.2) is 47.9 Å². The summed E-state index contributed by atoms with van der Waals surface area (Å²) in [5, 5.41) is 0. The van der Waals surface area contributed by atoms with E-state index in [4.69, 9.17) is 4.74 Å². The lowest BCUT2D eigenvalue weighted by atomic mass is 9.99. The topological polar surface area (TPSA) is 49.9 Å². The first-order valence-corrected chi connectivity index (χ1v) is 9.71. The van der Waals surface area contributed by atoms with Crippen molar-refractivity contribution in [3.05, 3.63) is 76.2 Å². The third-order valence-corrected chi connectivity index (χ3v) is 5.52. The van der Waals surface area contributed by atoms with Crippen LogP contribution in [0, 0.1) is 19.7 Å². The minimum absolute atomic E-state index is 0.111. The van der Waals surface area contributed by atoms with Crippen molar-refractivity contribution in [2.45, 2.75) is 20.4 Å². The first kappa shape index (κ1) is 19.3. The Balaban J connectivity index is 1.74. The van der Waals surface area contributed by atoms with E-state index in [-0.39, 0.29) is 24.2 Å². The zero-order valence-electron chi connectivity index (χ0n) is 16.6. The summed E-state index contributed by atoms with van der Waals surface area (Å²) in [5.41, 5.74) is 4.51. The number of halogens is 1. The summed E-state index contributed by atoms with van der Waals surface area (Å²) >= 11 is 0. The predicted molar refractivity (Wildman–Crippen MR) is 107 cm³/mol. The molecule has 0 saturated carbocycles. The van der Waals surface area contributed by atoms with Crippen molar-refractivity contribution in [3.63, 3.8) is 0 Å². The standard InChI is InChI=1S/C23H23FN2O3/c1-15-3-6-18(13-16(15)2)20-21(25-9-11-29-12-10-25)23(28)26(22(20)27)14-17-4-7-19(24)8-5-17/h3-8,13H,9-12,14H2,1-2H3. The van der Waals surface area contributed by atoms with Crippen molar-refractivity contribution in [3.8, 4) is 0 Å². The molecule has 1 fully saturated rings. The molecule has 0 atom stereocenters. The fourth-order valence-corrected chi connectivity index (χ4v) is 3.72. The van der Waals surface area contributed by atoms with E-state index in [1.807, 2.05) is 36.9 Å². The van der Waals surface area contributed by atoms with E-state index >= 15 is 0 Å². The van der Waals surface area contributed by atoms with Crippen LogP contribution >= 0.6 is 0 Å². The number of carbonyl (C=O) groups is 2. The van der Waals surface area contributed by atoms with Gasteiger partial charge in [-0.25, -0.2) is 4.39 Å². The highest BCUT2D eigenvalue weighted by Gasteiger charge is 2.41. The number of morpholine rings is 1. The van der Waals surface area contributed by atoms with Gasteiger partial charge in [0.1, 0.15) is 11.5 Å². The van der Waals surface area contributed by atoms with Crippen molar-refractivity contribution in [1.29, 1.82) is 0 Å². The van der Waals surface area contributed by atoms with E-state index < -0.39 is 0 Å². The molecule has 4 rings (SSSR count). The van der Waals surface area contributed by atoms with Crippen LogP contribution in [0.1, 0.15) is 22.3 Å². The Morgan fingerprint density at radius 3 is 2.28 bits per heavy atom. The van der Waals surface area contributed by atoms with Crippen molar-refractivity contribution < 1.29 is 18.7 Å². The molecule has 2 heterocycles. The largest absolute Gasteiger partial charge is 0.378 e. The molecule has 0 unspecified atom stereocenters. The lowest BCUT2D eigenvalue weighted by Crippen LogP contribution is -2.40. The summed E-state index contributed by atoms with van der Waals surface area (Å²) in [6.07, 6.45) is 0. The van der Waals surface area contributed by atoms with Gasteiger partial charge in [0.15, 0.2) is 0 Å². The zero-order valence-corrected chi connectivity index (χ0v) is 16.6.